The van der Waals surface area contributed by atoms with Crippen LogP contribution in [0.2, 0.25) is 0 Å². The number of ether oxygens (including phenoxy) is 2. The fourth-order valence-corrected chi connectivity index (χ4v) is 0.876. The molecule has 0 amide bonds. The van der Waals surface area contributed by atoms with Crippen molar-refractivity contribution >= 4 is 12.6 Å². The summed E-state index contributed by atoms with van der Waals surface area (Å²) < 4.78 is 10.0. The first-order chi connectivity index (χ1) is 5.36. The van der Waals surface area contributed by atoms with Crippen molar-refractivity contribution in [2.45, 2.75) is 0 Å². The molecule has 0 fully saturated rings. The van der Waals surface area contributed by atoms with Crippen molar-refractivity contribution in [3.05, 3.63) is 24.3 Å². The number of hydrogen-bond acceptors (Lipinski definition) is 2. The van der Waals surface area contributed by atoms with E-state index in [1.807, 2.05) is 24.3 Å². The van der Waals surface area contributed by atoms with Gasteiger partial charge in [0.2, 0.25) is 0 Å². The molecule has 1 aromatic rings. The fourth-order valence-electron chi connectivity index (χ4n) is 0.740. The Morgan fingerprint density at radius 2 is 1.73 bits per heavy atom. The molecule has 0 unspecified atom stereocenters. The maximum absolute atomic E-state index is 5.06. The standard InChI is InChI=1S/C8H9O2S/c1-9-7-2-4-8(5-3-7)10-6-11/h2-5H,6H2,1H3. The first kappa shape index (κ1) is 8.27. The molecule has 0 spiro atoms. The molecule has 0 aliphatic carbocycles. The number of benzene rings is 1. The quantitative estimate of drug-likeness (QED) is 0.690. The summed E-state index contributed by atoms with van der Waals surface area (Å²) >= 11 is 4.64. The van der Waals surface area contributed by atoms with E-state index in [4.69, 9.17) is 9.47 Å². The second kappa shape index (κ2) is 4.13. The van der Waals surface area contributed by atoms with E-state index in [9.17, 15) is 0 Å². The highest BCUT2D eigenvalue weighted by molar-refractivity contribution is 7.80. The molecule has 3 heteroatoms. The van der Waals surface area contributed by atoms with E-state index < -0.39 is 0 Å². The monoisotopic (exact) mass is 169 g/mol. The van der Waals surface area contributed by atoms with Gasteiger partial charge in [-0.2, -0.15) is 0 Å². The molecule has 0 saturated carbocycles. The van der Waals surface area contributed by atoms with Crippen molar-refractivity contribution in [3.8, 4) is 11.5 Å². The number of rotatable bonds is 3. The van der Waals surface area contributed by atoms with E-state index in [0.717, 1.165) is 11.5 Å². The third kappa shape index (κ3) is 2.35. The molecule has 11 heavy (non-hydrogen) atoms. The summed E-state index contributed by atoms with van der Waals surface area (Å²) in [6.45, 7) is 0. The second-order valence-corrected chi connectivity index (χ2v) is 2.17. The van der Waals surface area contributed by atoms with Crippen molar-refractivity contribution in [3.63, 3.8) is 0 Å². The highest BCUT2D eigenvalue weighted by Crippen LogP contribution is 2.16. The Labute approximate surface area is 71.5 Å². The van der Waals surface area contributed by atoms with Gasteiger partial charge < -0.3 is 9.47 Å². The Kier molecular flexibility index (Phi) is 3.11. The lowest BCUT2D eigenvalue weighted by atomic mass is 10.3. The Hall–Kier alpha value is -0.830. The molecule has 1 rings (SSSR count). The van der Waals surface area contributed by atoms with Crippen molar-refractivity contribution < 1.29 is 9.47 Å². The summed E-state index contributed by atoms with van der Waals surface area (Å²) in [6.07, 6.45) is 0. The zero-order valence-electron chi connectivity index (χ0n) is 6.24. The average Bonchev–Trinajstić information content (AvgIpc) is 2.07. The van der Waals surface area contributed by atoms with Gasteiger partial charge in [0.25, 0.3) is 0 Å². The topological polar surface area (TPSA) is 18.5 Å². The van der Waals surface area contributed by atoms with Crippen molar-refractivity contribution in [2.75, 3.05) is 13.0 Å². The van der Waals surface area contributed by atoms with Gasteiger partial charge in [-0.15, -0.1) is 0 Å². The van der Waals surface area contributed by atoms with Crippen molar-refractivity contribution in [2.24, 2.45) is 0 Å². The third-order valence-corrected chi connectivity index (χ3v) is 1.40. The van der Waals surface area contributed by atoms with Crippen molar-refractivity contribution in [1.82, 2.24) is 0 Å². The first-order valence-electron chi connectivity index (χ1n) is 3.22. The van der Waals surface area contributed by atoms with E-state index in [0.29, 0.717) is 0 Å². The van der Waals surface area contributed by atoms with E-state index in [-0.39, 0.29) is 5.94 Å². The highest BCUT2D eigenvalue weighted by atomic mass is 32.1. The number of hydrogen-bond donors (Lipinski definition) is 0. The molecule has 0 atom stereocenters. The van der Waals surface area contributed by atoms with Crippen LogP contribution in [0.5, 0.6) is 11.5 Å². The zero-order valence-corrected chi connectivity index (χ0v) is 7.06. The van der Waals surface area contributed by atoms with E-state index in [1.54, 1.807) is 7.11 Å². The van der Waals surface area contributed by atoms with Crippen LogP contribution in [0.25, 0.3) is 0 Å². The average molecular weight is 169 g/mol. The molecule has 0 aliphatic rings. The Bertz CT molecular complexity index is 208. The van der Waals surface area contributed by atoms with Crippen molar-refractivity contribution in [1.29, 1.82) is 0 Å². The van der Waals surface area contributed by atoms with Gasteiger partial charge in [0, 0.05) is 0 Å². The molecular formula is C8H9O2S. The largest absolute Gasteiger partial charge is 0.497 e. The van der Waals surface area contributed by atoms with Gasteiger partial charge in [0.05, 0.1) is 7.11 Å². The highest BCUT2D eigenvalue weighted by Gasteiger charge is 1.91. The lowest BCUT2D eigenvalue weighted by Crippen LogP contribution is -1.88. The van der Waals surface area contributed by atoms with Crippen LogP contribution in [0.1, 0.15) is 0 Å². The van der Waals surface area contributed by atoms with Crippen LogP contribution in [-0.4, -0.2) is 13.0 Å². The van der Waals surface area contributed by atoms with Crippen LogP contribution < -0.4 is 9.47 Å². The minimum Gasteiger partial charge on any atom is -0.497 e. The molecule has 0 heterocycles. The Balaban J connectivity index is 2.66. The molecule has 1 aromatic carbocycles. The second-order valence-electron chi connectivity index (χ2n) is 1.94. The van der Waals surface area contributed by atoms with Gasteiger partial charge in [0.15, 0.2) is 0 Å². The predicted molar refractivity (Wildman–Crippen MR) is 46.1 cm³/mol. The lowest BCUT2D eigenvalue weighted by Gasteiger charge is -2.02. The molecule has 0 bridgehead atoms. The maximum Gasteiger partial charge on any atom is 0.144 e. The third-order valence-electron chi connectivity index (χ3n) is 1.29. The van der Waals surface area contributed by atoms with Gasteiger partial charge in [-0.1, -0.05) is 0 Å². The summed E-state index contributed by atoms with van der Waals surface area (Å²) in [4.78, 5) is 0. The fraction of sp³-hybridized carbons (Fsp3) is 0.250. The molecule has 1 radical (unpaired) electrons. The molecule has 59 valence electrons. The summed E-state index contributed by atoms with van der Waals surface area (Å²) in [7, 11) is 1.63. The summed E-state index contributed by atoms with van der Waals surface area (Å²) in [6, 6.07) is 7.32. The smallest absolute Gasteiger partial charge is 0.144 e. The van der Waals surface area contributed by atoms with E-state index in [2.05, 4.69) is 12.6 Å². The van der Waals surface area contributed by atoms with Crippen LogP contribution in [0.4, 0.5) is 0 Å². The zero-order chi connectivity index (χ0) is 8.10. The molecule has 0 aliphatic heterocycles. The summed E-state index contributed by atoms with van der Waals surface area (Å²) in [5.74, 6) is 1.88. The molecule has 0 saturated heterocycles. The summed E-state index contributed by atoms with van der Waals surface area (Å²) in [5.41, 5.74) is 0. The Morgan fingerprint density at radius 3 is 2.18 bits per heavy atom. The number of methoxy groups -OCH3 is 1. The van der Waals surface area contributed by atoms with Gasteiger partial charge in [0.1, 0.15) is 17.4 Å². The normalized spacial score (nSPS) is 9.27. The van der Waals surface area contributed by atoms with Gasteiger partial charge >= 0.3 is 0 Å². The van der Waals surface area contributed by atoms with Gasteiger partial charge in [-0.05, 0) is 36.9 Å². The summed E-state index contributed by atoms with van der Waals surface area (Å²) in [5, 5.41) is 0. The molecule has 0 aromatic heterocycles. The molecule has 2 nitrogen and oxygen atoms in total. The maximum atomic E-state index is 5.06. The van der Waals surface area contributed by atoms with Crippen LogP contribution in [0.3, 0.4) is 0 Å². The first-order valence-corrected chi connectivity index (χ1v) is 3.79. The van der Waals surface area contributed by atoms with Crippen LogP contribution in [0.15, 0.2) is 24.3 Å². The molecular weight excluding hydrogens is 160 g/mol. The Morgan fingerprint density at radius 1 is 1.18 bits per heavy atom. The van der Waals surface area contributed by atoms with E-state index in [1.165, 1.54) is 0 Å². The molecule has 0 N–H and O–H groups in total. The predicted octanol–water partition coefficient (Wildman–Crippen LogP) is 2.23. The lowest BCUT2D eigenvalue weighted by molar-refractivity contribution is 0.389. The van der Waals surface area contributed by atoms with Crippen LogP contribution in [-0.2, 0) is 0 Å². The van der Waals surface area contributed by atoms with Crippen LogP contribution >= 0.6 is 12.6 Å². The van der Waals surface area contributed by atoms with Crippen LogP contribution in [0, 0.1) is 0 Å². The van der Waals surface area contributed by atoms with Gasteiger partial charge in [-0.25, -0.2) is 0 Å². The SMILES string of the molecule is COc1ccc(OC[S])cc1. The minimum atomic E-state index is 0.284. The minimum absolute atomic E-state index is 0.284. The van der Waals surface area contributed by atoms with E-state index >= 15 is 0 Å². The van der Waals surface area contributed by atoms with Gasteiger partial charge in [-0.3, -0.25) is 0 Å².